The van der Waals surface area contributed by atoms with Gasteiger partial charge in [-0.2, -0.15) is 0 Å². The summed E-state index contributed by atoms with van der Waals surface area (Å²) in [5.74, 6) is 0.530. The normalized spacial score (nSPS) is 16.6. The molecule has 1 aromatic carbocycles. The highest BCUT2D eigenvalue weighted by atomic mass is 35.5. The fraction of sp³-hybridized carbons (Fsp3) is 0.462. The van der Waals surface area contributed by atoms with Crippen molar-refractivity contribution in [1.82, 2.24) is 0 Å². The molecule has 0 bridgehead atoms. The van der Waals surface area contributed by atoms with Crippen molar-refractivity contribution in [3.8, 4) is 0 Å². The van der Waals surface area contributed by atoms with Crippen molar-refractivity contribution >= 4 is 23.2 Å². The molecule has 2 rings (SSSR count). The topological polar surface area (TPSA) is 55.1 Å². The number of amides is 1. The van der Waals surface area contributed by atoms with Crippen LogP contribution in [0.4, 0.5) is 5.69 Å². The Morgan fingerprint density at radius 2 is 2.29 bits per heavy atom. The summed E-state index contributed by atoms with van der Waals surface area (Å²) in [7, 11) is 0. The second-order valence-corrected chi connectivity index (χ2v) is 5.15. The van der Waals surface area contributed by atoms with Gasteiger partial charge in [-0.1, -0.05) is 11.6 Å². The number of aryl methyl sites for hydroxylation is 1. The van der Waals surface area contributed by atoms with E-state index < -0.39 is 0 Å². The maximum Gasteiger partial charge on any atom is 0.225 e. The van der Waals surface area contributed by atoms with E-state index in [0.29, 0.717) is 17.4 Å². The van der Waals surface area contributed by atoms with Crippen LogP contribution in [0.2, 0.25) is 5.02 Å². The number of carbonyl (C=O) groups excluding carboxylic acids is 1. The highest BCUT2D eigenvalue weighted by Crippen LogP contribution is 2.33. The van der Waals surface area contributed by atoms with Crippen LogP contribution < -0.4 is 11.1 Å². The third-order valence-electron chi connectivity index (χ3n) is 3.11. The number of nitrogens with two attached hydrogens (primary N) is 1. The number of rotatable bonds is 4. The van der Waals surface area contributed by atoms with Crippen molar-refractivity contribution in [2.75, 3.05) is 5.32 Å². The van der Waals surface area contributed by atoms with E-state index in [-0.39, 0.29) is 11.9 Å². The van der Waals surface area contributed by atoms with Crippen molar-refractivity contribution in [3.63, 3.8) is 0 Å². The molecule has 92 valence electrons. The van der Waals surface area contributed by atoms with E-state index in [1.807, 2.05) is 19.1 Å². The highest BCUT2D eigenvalue weighted by molar-refractivity contribution is 6.30. The summed E-state index contributed by atoms with van der Waals surface area (Å²) in [6.45, 7) is 1.92. The molecule has 1 fully saturated rings. The molecule has 3 N–H and O–H groups in total. The minimum atomic E-state index is -0.0187. The predicted molar refractivity (Wildman–Crippen MR) is 70.1 cm³/mol. The van der Waals surface area contributed by atoms with E-state index in [2.05, 4.69) is 5.32 Å². The molecule has 0 radical (unpaired) electrons. The minimum absolute atomic E-state index is 0.00241. The van der Waals surface area contributed by atoms with Gasteiger partial charge in [-0.25, -0.2) is 0 Å². The monoisotopic (exact) mass is 252 g/mol. The van der Waals surface area contributed by atoms with Crippen molar-refractivity contribution in [2.24, 2.45) is 11.7 Å². The number of anilines is 1. The first-order valence-electron chi connectivity index (χ1n) is 5.88. The standard InChI is InChI=1S/C13H17ClN2O/c1-8-6-10(14)4-5-12(8)16-13(17)7-11(15)9-2-3-9/h4-6,9,11H,2-3,7,15H2,1H3,(H,16,17). The Balaban J connectivity index is 1.92. The first kappa shape index (κ1) is 12.4. The van der Waals surface area contributed by atoms with E-state index in [1.165, 1.54) is 0 Å². The molecule has 0 saturated heterocycles. The van der Waals surface area contributed by atoms with E-state index in [0.717, 1.165) is 24.1 Å². The number of benzene rings is 1. The second-order valence-electron chi connectivity index (χ2n) is 4.71. The van der Waals surface area contributed by atoms with Gasteiger partial charge in [0.05, 0.1) is 0 Å². The molecule has 0 aliphatic heterocycles. The molecular weight excluding hydrogens is 236 g/mol. The van der Waals surface area contributed by atoms with E-state index >= 15 is 0 Å². The summed E-state index contributed by atoms with van der Waals surface area (Å²) >= 11 is 5.85. The fourth-order valence-corrected chi connectivity index (χ4v) is 2.10. The Hall–Kier alpha value is -1.06. The number of hydrogen-bond donors (Lipinski definition) is 2. The summed E-state index contributed by atoms with van der Waals surface area (Å²) in [5, 5.41) is 3.55. The van der Waals surface area contributed by atoms with Crippen LogP contribution in [0, 0.1) is 12.8 Å². The van der Waals surface area contributed by atoms with Gasteiger partial charge in [0.15, 0.2) is 0 Å². The Kier molecular flexibility index (Phi) is 3.69. The third kappa shape index (κ3) is 3.45. The molecule has 3 nitrogen and oxygen atoms in total. The maximum atomic E-state index is 11.8. The summed E-state index contributed by atoms with van der Waals surface area (Å²) in [4.78, 5) is 11.8. The van der Waals surface area contributed by atoms with E-state index in [9.17, 15) is 4.79 Å². The fourth-order valence-electron chi connectivity index (χ4n) is 1.87. The molecule has 0 aromatic heterocycles. The smallest absolute Gasteiger partial charge is 0.225 e. The summed E-state index contributed by atoms with van der Waals surface area (Å²) in [6, 6.07) is 5.42. The third-order valence-corrected chi connectivity index (χ3v) is 3.35. The Bertz CT molecular complexity index is 429. The van der Waals surface area contributed by atoms with Gasteiger partial charge in [-0.05, 0) is 49.4 Å². The molecule has 0 spiro atoms. The molecule has 4 heteroatoms. The lowest BCUT2D eigenvalue weighted by Gasteiger charge is -2.12. The largest absolute Gasteiger partial charge is 0.327 e. The summed E-state index contributed by atoms with van der Waals surface area (Å²) in [5.41, 5.74) is 7.69. The lowest BCUT2D eigenvalue weighted by atomic mass is 10.1. The number of halogens is 1. The molecular formula is C13H17ClN2O. The molecule has 1 atom stereocenters. The number of nitrogens with one attached hydrogen (secondary N) is 1. The Morgan fingerprint density at radius 1 is 1.59 bits per heavy atom. The predicted octanol–water partition coefficient (Wildman–Crippen LogP) is 2.71. The van der Waals surface area contributed by atoms with Gasteiger partial charge in [-0.3, -0.25) is 4.79 Å². The van der Waals surface area contributed by atoms with Gasteiger partial charge in [0.2, 0.25) is 5.91 Å². The van der Waals surface area contributed by atoms with Crippen molar-refractivity contribution < 1.29 is 4.79 Å². The molecule has 17 heavy (non-hydrogen) atoms. The molecule has 1 saturated carbocycles. The van der Waals surface area contributed by atoms with Crippen LogP contribution in [0.3, 0.4) is 0 Å². The average molecular weight is 253 g/mol. The van der Waals surface area contributed by atoms with Crippen LogP contribution >= 0.6 is 11.6 Å². The molecule has 0 heterocycles. The maximum absolute atomic E-state index is 11.8. The quantitative estimate of drug-likeness (QED) is 0.866. The zero-order valence-corrected chi connectivity index (χ0v) is 10.6. The van der Waals surface area contributed by atoms with Crippen molar-refractivity contribution in [2.45, 2.75) is 32.2 Å². The van der Waals surface area contributed by atoms with Crippen LogP contribution in [0.15, 0.2) is 18.2 Å². The van der Waals surface area contributed by atoms with Gasteiger partial charge in [0, 0.05) is 23.2 Å². The first-order valence-corrected chi connectivity index (χ1v) is 6.25. The molecule has 1 aromatic rings. The summed E-state index contributed by atoms with van der Waals surface area (Å²) < 4.78 is 0. The van der Waals surface area contributed by atoms with Gasteiger partial charge in [-0.15, -0.1) is 0 Å². The van der Waals surface area contributed by atoms with Crippen molar-refractivity contribution in [3.05, 3.63) is 28.8 Å². The molecule has 1 aliphatic carbocycles. The highest BCUT2D eigenvalue weighted by Gasteiger charge is 2.29. The molecule has 1 amide bonds. The first-order chi connectivity index (χ1) is 8.06. The number of carbonyl (C=O) groups is 1. The average Bonchev–Trinajstić information content (AvgIpc) is 3.05. The van der Waals surface area contributed by atoms with Gasteiger partial charge in [0.1, 0.15) is 0 Å². The zero-order valence-electron chi connectivity index (χ0n) is 9.87. The van der Waals surface area contributed by atoms with Gasteiger partial charge in [0.25, 0.3) is 0 Å². The molecule has 1 aliphatic rings. The van der Waals surface area contributed by atoms with Gasteiger partial charge >= 0.3 is 0 Å². The lowest BCUT2D eigenvalue weighted by molar-refractivity contribution is -0.116. The van der Waals surface area contributed by atoms with Crippen LogP contribution in [0.5, 0.6) is 0 Å². The Morgan fingerprint density at radius 3 is 2.88 bits per heavy atom. The lowest BCUT2D eigenvalue weighted by Crippen LogP contribution is -2.29. The Labute approximate surface area is 106 Å². The summed E-state index contributed by atoms with van der Waals surface area (Å²) in [6.07, 6.45) is 2.72. The van der Waals surface area contributed by atoms with Crippen LogP contribution in [-0.4, -0.2) is 11.9 Å². The van der Waals surface area contributed by atoms with E-state index in [1.54, 1.807) is 6.07 Å². The second kappa shape index (κ2) is 5.07. The minimum Gasteiger partial charge on any atom is -0.327 e. The van der Waals surface area contributed by atoms with Crippen LogP contribution in [0.25, 0.3) is 0 Å². The SMILES string of the molecule is Cc1cc(Cl)ccc1NC(=O)CC(N)C1CC1. The molecule has 1 unspecified atom stereocenters. The van der Waals surface area contributed by atoms with Gasteiger partial charge < -0.3 is 11.1 Å². The van der Waals surface area contributed by atoms with Crippen LogP contribution in [-0.2, 0) is 4.79 Å². The van der Waals surface area contributed by atoms with E-state index in [4.69, 9.17) is 17.3 Å². The van der Waals surface area contributed by atoms with Crippen molar-refractivity contribution in [1.29, 1.82) is 0 Å². The number of hydrogen-bond acceptors (Lipinski definition) is 2. The van der Waals surface area contributed by atoms with Crippen LogP contribution in [0.1, 0.15) is 24.8 Å². The zero-order chi connectivity index (χ0) is 12.4.